The van der Waals surface area contributed by atoms with Crippen molar-refractivity contribution in [3.05, 3.63) is 86.5 Å². The number of likely N-dealkylation sites (N-methyl/N-ethyl adjacent to an activating group) is 2. The Hall–Kier alpha value is -4.71. The molecule has 2 aromatic heterocycles. The van der Waals surface area contributed by atoms with Gasteiger partial charge in [-0.25, -0.2) is 35.9 Å². The number of aromatic nitrogens is 3. The smallest absolute Gasteiger partial charge is 0.333 e. The fourth-order valence-electron chi connectivity index (χ4n) is 10.8. The van der Waals surface area contributed by atoms with Gasteiger partial charge >= 0.3 is 12.1 Å². The predicted octanol–water partition coefficient (Wildman–Crippen LogP) is 5.10. The highest BCUT2D eigenvalue weighted by Gasteiger charge is 2.33. The fraction of sp³-hybridized carbons (Fsp3) is 0.533. The van der Waals surface area contributed by atoms with Crippen molar-refractivity contribution >= 4 is 43.5 Å². The van der Waals surface area contributed by atoms with Crippen LogP contribution in [0.5, 0.6) is 0 Å². The van der Waals surface area contributed by atoms with Crippen LogP contribution in [-0.2, 0) is 97.3 Å². The van der Waals surface area contributed by atoms with E-state index in [1.54, 1.807) is 10.7 Å². The van der Waals surface area contributed by atoms with Gasteiger partial charge in [0.2, 0.25) is 0 Å². The second kappa shape index (κ2) is 16.8. The molecule has 0 spiro atoms. The topological polar surface area (TPSA) is 180 Å². The highest BCUT2D eigenvalue weighted by Crippen LogP contribution is 2.40. The van der Waals surface area contributed by atoms with Gasteiger partial charge in [0.25, 0.3) is 20.0 Å². The van der Waals surface area contributed by atoms with Gasteiger partial charge in [-0.15, -0.1) is 0 Å². The predicted molar refractivity (Wildman–Crippen MR) is 238 cm³/mol. The highest BCUT2D eigenvalue weighted by molar-refractivity contribution is 7.90. The first-order valence-corrected chi connectivity index (χ1v) is 25.2. The largest absolute Gasteiger partial charge is 0.350 e. The molecule has 2 aromatic carbocycles. The number of hydrogen-bond donors (Lipinski definition) is 4. The summed E-state index contributed by atoms with van der Waals surface area (Å²) < 4.78 is 60.6. The fourth-order valence-corrected chi connectivity index (χ4v) is 13.1. The molecule has 15 nitrogen and oxygen atoms in total. The summed E-state index contributed by atoms with van der Waals surface area (Å²) in [5, 5.41) is 10.1. The first kappa shape index (κ1) is 42.6. The molecular weight excluding hydrogens is 827 g/mol. The van der Waals surface area contributed by atoms with Crippen molar-refractivity contribution in [3.8, 4) is 0 Å². The number of carbonyl (C=O) groups is 2. The van der Waals surface area contributed by atoms with E-state index >= 15 is 0 Å². The summed E-state index contributed by atoms with van der Waals surface area (Å²) in [6.07, 6.45) is 18.4. The van der Waals surface area contributed by atoms with Crippen molar-refractivity contribution in [3.63, 3.8) is 0 Å². The third-order valence-electron chi connectivity index (χ3n) is 14.1. The second-order valence-corrected chi connectivity index (χ2v) is 21.6. The average molecular weight is 886 g/mol. The van der Waals surface area contributed by atoms with E-state index in [2.05, 4.69) is 47.1 Å². The number of sulfonamides is 2. The van der Waals surface area contributed by atoms with Gasteiger partial charge < -0.3 is 25.0 Å². The summed E-state index contributed by atoms with van der Waals surface area (Å²) in [5.41, 5.74) is 13.0. The van der Waals surface area contributed by atoms with Crippen LogP contribution in [0.3, 0.4) is 0 Å². The van der Waals surface area contributed by atoms with Crippen LogP contribution >= 0.6 is 0 Å². The lowest BCUT2D eigenvalue weighted by atomic mass is 9.99. The standard InChI is InChI=1S/C23H30N4O3S.C22H29N5O3S/c1-26(2)17-9-11-27-12-10-21(20(27)14-17)31(29,30)25-23(28)24-22-18-7-3-5-15(18)13-16-6-4-8-19(16)22;1-26(2)16-9-10-27-19(12-16)20(13-23-27)31(29,30)25-22(28)24-21-17-7-3-5-14(17)11-15-6-4-8-18(15)21/h10,12-13,17H,3-9,11,14H2,1-2H3,(H2,24,25,28);11,13,16H,3-10,12H2,1-2H3,(H2,24,25,28). The third kappa shape index (κ3) is 8.16. The third-order valence-corrected chi connectivity index (χ3v) is 16.9. The van der Waals surface area contributed by atoms with Crippen molar-refractivity contribution in [2.75, 3.05) is 38.8 Å². The van der Waals surface area contributed by atoms with E-state index in [1.165, 1.54) is 50.7 Å². The number of benzene rings is 2. The quantitative estimate of drug-likeness (QED) is 0.187. The molecule has 4 amide bonds. The molecule has 2 aliphatic heterocycles. The number of amides is 4. The van der Waals surface area contributed by atoms with Crippen LogP contribution < -0.4 is 20.1 Å². The van der Waals surface area contributed by atoms with Gasteiger partial charge in [-0.2, -0.15) is 5.10 Å². The Labute approximate surface area is 365 Å². The Kier molecular flexibility index (Phi) is 11.5. The molecule has 6 aliphatic rings. The first-order chi connectivity index (χ1) is 29.7. The van der Waals surface area contributed by atoms with E-state index in [0.717, 1.165) is 114 Å². The Morgan fingerprint density at radius 2 is 1.05 bits per heavy atom. The Bertz CT molecular complexity index is 2420. The van der Waals surface area contributed by atoms with Crippen LogP contribution in [0.15, 0.2) is 40.4 Å². The van der Waals surface area contributed by atoms with Gasteiger partial charge in [-0.1, -0.05) is 12.1 Å². The summed E-state index contributed by atoms with van der Waals surface area (Å²) >= 11 is 0. The maximum absolute atomic E-state index is 13.1. The number of nitrogens with one attached hydrogen (secondary N) is 4. The number of fused-ring (bicyclic) bond motifs is 6. The van der Waals surface area contributed by atoms with Crippen molar-refractivity contribution in [1.82, 2.24) is 33.6 Å². The number of rotatable bonds is 8. The zero-order valence-corrected chi connectivity index (χ0v) is 37.9. The molecule has 0 saturated heterocycles. The molecule has 0 saturated carbocycles. The SMILES string of the molecule is CN(C)C1CCn2ccc(S(=O)(=O)NC(=O)Nc3c4c(cc5c3CCC5)CCC4)c2C1.CN(C)C1CCn2ncc(S(=O)(=O)NC(=O)Nc3c4c(cc5c3CCC5)CCC4)c2C1. The maximum Gasteiger partial charge on any atom is 0.333 e. The molecule has 2 atom stereocenters. The number of nitrogens with zero attached hydrogens (tertiary/aromatic N) is 5. The lowest BCUT2D eigenvalue weighted by Gasteiger charge is -2.30. The molecule has 0 radical (unpaired) electrons. The monoisotopic (exact) mass is 885 g/mol. The van der Waals surface area contributed by atoms with Crippen LogP contribution in [-0.4, -0.2) is 93.3 Å². The summed E-state index contributed by atoms with van der Waals surface area (Å²) in [7, 11) is 0.0390. The number of carbonyl (C=O) groups excluding carboxylic acids is 2. The molecular formula is C45H59N9O6S2. The van der Waals surface area contributed by atoms with Gasteiger partial charge in [0, 0.05) is 61.3 Å². The molecule has 0 fully saturated rings. The Morgan fingerprint density at radius 1 is 0.613 bits per heavy atom. The van der Waals surface area contributed by atoms with Gasteiger partial charge in [0.15, 0.2) is 0 Å². The minimum absolute atomic E-state index is 0.0951. The van der Waals surface area contributed by atoms with Crippen molar-refractivity contribution in [2.45, 2.75) is 138 Å². The van der Waals surface area contributed by atoms with Crippen molar-refractivity contribution < 1.29 is 26.4 Å². The Morgan fingerprint density at radius 3 is 1.52 bits per heavy atom. The van der Waals surface area contributed by atoms with E-state index in [-0.39, 0.29) is 15.8 Å². The van der Waals surface area contributed by atoms with Crippen LogP contribution in [0.1, 0.15) is 94.4 Å². The maximum atomic E-state index is 13.1. The minimum atomic E-state index is -4.02. The van der Waals surface area contributed by atoms with Crippen molar-refractivity contribution in [2.24, 2.45) is 0 Å². The molecule has 10 rings (SSSR count). The molecule has 62 heavy (non-hydrogen) atoms. The van der Waals surface area contributed by atoms with E-state index in [0.29, 0.717) is 31.1 Å². The number of urea groups is 2. The van der Waals surface area contributed by atoms with Crippen LogP contribution in [0.2, 0.25) is 0 Å². The zero-order valence-electron chi connectivity index (χ0n) is 36.3. The number of anilines is 2. The number of aryl methyl sites for hydroxylation is 6. The van der Waals surface area contributed by atoms with Gasteiger partial charge in [0.1, 0.15) is 9.79 Å². The first-order valence-electron chi connectivity index (χ1n) is 22.2. The summed E-state index contributed by atoms with van der Waals surface area (Å²) in [6, 6.07) is 5.36. The van der Waals surface area contributed by atoms with E-state index in [4.69, 9.17) is 0 Å². The number of hydrogen-bond acceptors (Lipinski definition) is 9. The van der Waals surface area contributed by atoms with Gasteiger partial charge in [-0.05, 0) is 169 Å². The summed E-state index contributed by atoms with van der Waals surface area (Å²) in [6.45, 7) is 1.45. The van der Waals surface area contributed by atoms with Gasteiger partial charge in [-0.3, -0.25) is 4.68 Å². The van der Waals surface area contributed by atoms with Gasteiger partial charge in [0.05, 0.1) is 11.9 Å². The Balaban J connectivity index is 0.000000158. The molecule has 4 heterocycles. The molecule has 0 bridgehead atoms. The van der Waals surface area contributed by atoms with E-state index in [1.807, 2.05) is 39.0 Å². The highest BCUT2D eigenvalue weighted by atomic mass is 32.2. The summed E-state index contributed by atoms with van der Waals surface area (Å²) in [4.78, 5) is 30.2. The minimum Gasteiger partial charge on any atom is -0.350 e. The zero-order chi connectivity index (χ0) is 43.5. The molecule has 4 aliphatic carbocycles. The van der Waals surface area contributed by atoms with E-state index in [9.17, 15) is 26.4 Å². The normalized spacial score (nSPS) is 19.8. The average Bonchev–Trinajstić information content (AvgIpc) is 4.08. The van der Waals surface area contributed by atoms with Crippen LogP contribution in [0.25, 0.3) is 0 Å². The van der Waals surface area contributed by atoms with Crippen molar-refractivity contribution in [1.29, 1.82) is 0 Å². The molecule has 4 aromatic rings. The lowest BCUT2D eigenvalue weighted by molar-refractivity contribution is 0.237. The molecule has 2 unspecified atom stereocenters. The second-order valence-electron chi connectivity index (χ2n) is 18.3. The molecule has 4 N–H and O–H groups in total. The van der Waals surface area contributed by atoms with Crippen LogP contribution in [0.4, 0.5) is 21.0 Å². The van der Waals surface area contributed by atoms with Crippen LogP contribution in [0, 0.1) is 0 Å². The molecule has 17 heteroatoms. The molecule has 332 valence electrons. The lowest BCUT2D eigenvalue weighted by Crippen LogP contribution is -2.38. The summed E-state index contributed by atoms with van der Waals surface area (Å²) in [5.74, 6) is 0. The van der Waals surface area contributed by atoms with E-state index < -0.39 is 32.1 Å².